The SMILES string of the molecule is COCC(CCCN)N1CCCN(C)CC1C. The van der Waals surface area contributed by atoms with Crippen LogP contribution in [0.4, 0.5) is 0 Å². The summed E-state index contributed by atoms with van der Waals surface area (Å²) in [4.78, 5) is 5.04. The van der Waals surface area contributed by atoms with Gasteiger partial charge in [0.1, 0.15) is 0 Å². The number of rotatable bonds is 6. The zero-order valence-electron chi connectivity index (χ0n) is 11.7. The van der Waals surface area contributed by atoms with E-state index in [1.807, 2.05) is 0 Å². The maximum atomic E-state index is 5.62. The summed E-state index contributed by atoms with van der Waals surface area (Å²) >= 11 is 0. The smallest absolute Gasteiger partial charge is 0.0618 e. The van der Waals surface area contributed by atoms with Gasteiger partial charge < -0.3 is 15.4 Å². The first kappa shape index (κ1) is 14.9. The van der Waals surface area contributed by atoms with Gasteiger partial charge in [-0.05, 0) is 46.3 Å². The third-order valence-corrected chi connectivity index (χ3v) is 3.67. The molecule has 0 spiro atoms. The van der Waals surface area contributed by atoms with E-state index in [1.54, 1.807) is 7.11 Å². The third-order valence-electron chi connectivity index (χ3n) is 3.67. The lowest BCUT2D eigenvalue weighted by Crippen LogP contribution is -2.46. The maximum absolute atomic E-state index is 5.62. The lowest BCUT2D eigenvalue weighted by Gasteiger charge is -2.35. The zero-order valence-corrected chi connectivity index (χ0v) is 11.7. The monoisotopic (exact) mass is 243 g/mol. The van der Waals surface area contributed by atoms with E-state index in [1.165, 1.54) is 19.5 Å². The minimum atomic E-state index is 0.532. The second-order valence-corrected chi connectivity index (χ2v) is 5.24. The van der Waals surface area contributed by atoms with E-state index >= 15 is 0 Å². The lowest BCUT2D eigenvalue weighted by molar-refractivity contribution is 0.0611. The predicted octanol–water partition coefficient (Wildman–Crippen LogP) is 0.766. The van der Waals surface area contributed by atoms with Crippen LogP contribution in [-0.4, -0.2) is 68.8 Å². The summed E-state index contributed by atoms with van der Waals surface area (Å²) in [6.07, 6.45) is 3.50. The van der Waals surface area contributed by atoms with Crippen LogP contribution in [0.2, 0.25) is 0 Å². The van der Waals surface area contributed by atoms with Gasteiger partial charge in [-0.3, -0.25) is 4.90 Å². The molecule has 0 amide bonds. The molecule has 2 atom stereocenters. The minimum absolute atomic E-state index is 0.532. The number of hydrogen-bond acceptors (Lipinski definition) is 4. The predicted molar refractivity (Wildman–Crippen MR) is 72.2 cm³/mol. The number of methoxy groups -OCH3 is 1. The molecule has 1 heterocycles. The molecular weight excluding hydrogens is 214 g/mol. The van der Waals surface area contributed by atoms with Gasteiger partial charge in [-0.25, -0.2) is 0 Å². The van der Waals surface area contributed by atoms with Crippen LogP contribution in [0.3, 0.4) is 0 Å². The number of likely N-dealkylation sites (N-methyl/N-ethyl adjacent to an activating group) is 1. The molecule has 1 aliphatic heterocycles. The molecule has 0 radical (unpaired) electrons. The van der Waals surface area contributed by atoms with Crippen molar-refractivity contribution in [2.45, 2.75) is 38.3 Å². The summed E-state index contributed by atoms with van der Waals surface area (Å²) in [5.74, 6) is 0. The molecule has 4 heteroatoms. The van der Waals surface area contributed by atoms with Gasteiger partial charge in [0.05, 0.1) is 6.61 Å². The molecule has 102 valence electrons. The molecule has 0 aromatic carbocycles. The van der Waals surface area contributed by atoms with Crippen LogP contribution in [0.1, 0.15) is 26.2 Å². The Morgan fingerprint density at radius 1 is 1.41 bits per heavy atom. The van der Waals surface area contributed by atoms with E-state index in [-0.39, 0.29) is 0 Å². The van der Waals surface area contributed by atoms with Crippen molar-refractivity contribution >= 4 is 0 Å². The molecule has 1 saturated heterocycles. The Morgan fingerprint density at radius 3 is 2.82 bits per heavy atom. The van der Waals surface area contributed by atoms with Gasteiger partial charge in [-0.1, -0.05) is 0 Å². The topological polar surface area (TPSA) is 41.7 Å². The summed E-state index contributed by atoms with van der Waals surface area (Å²) in [6, 6.07) is 1.14. The number of nitrogens with zero attached hydrogens (tertiary/aromatic N) is 2. The molecule has 1 rings (SSSR count). The summed E-state index contributed by atoms with van der Waals surface area (Å²) in [5, 5.41) is 0. The zero-order chi connectivity index (χ0) is 12.7. The highest BCUT2D eigenvalue weighted by molar-refractivity contribution is 4.81. The molecule has 0 aromatic heterocycles. The first-order valence-corrected chi connectivity index (χ1v) is 6.82. The molecule has 0 aromatic rings. The van der Waals surface area contributed by atoms with Crippen molar-refractivity contribution in [1.82, 2.24) is 9.80 Å². The fourth-order valence-electron chi connectivity index (χ4n) is 2.82. The third kappa shape index (κ3) is 4.92. The van der Waals surface area contributed by atoms with Crippen LogP contribution in [0.25, 0.3) is 0 Å². The van der Waals surface area contributed by atoms with Gasteiger partial charge in [0.15, 0.2) is 0 Å². The Bertz CT molecular complexity index is 201. The quantitative estimate of drug-likeness (QED) is 0.748. The van der Waals surface area contributed by atoms with Gasteiger partial charge in [-0.15, -0.1) is 0 Å². The molecule has 0 saturated carbocycles. The number of hydrogen-bond donors (Lipinski definition) is 1. The molecule has 1 fully saturated rings. The lowest BCUT2D eigenvalue weighted by atomic mass is 10.1. The van der Waals surface area contributed by atoms with Crippen LogP contribution in [0.15, 0.2) is 0 Å². The van der Waals surface area contributed by atoms with E-state index in [0.29, 0.717) is 12.1 Å². The highest BCUT2D eigenvalue weighted by atomic mass is 16.5. The fourth-order valence-corrected chi connectivity index (χ4v) is 2.82. The van der Waals surface area contributed by atoms with Crippen LogP contribution >= 0.6 is 0 Å². The van der Waals surface area contributed by atoms with Crippen molar-refractivity contribution in [1.29, 1.82) is 0 Å². The van der Waals surface area contributed by atoms with Gasteiger partial charge in [0.2, 0.25) is 0 Å². The molecule has 2 N–H and O–H groups in total. The standard InChI is InChI=1S/C13H29N3O/c1-12-10-15(2)8-5-9-16(12)13(11-17-3)6-4-7-14/h12-13H,4-11,14H2,1-3H3. The summed E-state index contributed by atoms with van der Waals surface area (Å²) < 4.78 is 5.37. The first-order valence-electron chi connectivity index (χ1n) is 6.82. The Kier molecular flexibility index (Phi) is 7.04. The van der Waals surface area contributed by atoms with Crippen molar-refractivity contribution in [3.8, 4) is 0 Å². The Hall–Kier alpha value is -0.160. The number of nitrogens with two attached hydrogens (primary N) is 1. The van der Waals surface area contributed by atoms with Gasteiger partial charge in [0.25, 0.3) is 0 Å². The summed E-state index contributed by atoms with van der Waals surface area (Å²) in [7, 11) is 4.01. The van der Waals surface area contributed by atoms with Crippen molar-refractivity contribution in [2.75, 3.05) is 46.9 Å². The van der Waals surface area contributed by atoms with Crippen molar-refractivity contribution in [2.24, 2.45) is 5.73 Å². The van der Waals surface area contributed by atoms with E-state index < -0.39 is 0 Å². The van der Waals surface area contributed by atoms with Crippen molar-refractivity contribution < 1.29 is 4.74 Å². The van der Waals surface area contributed by atoms with E-state index in [2.05, 4.69) is 23.8 Å². The second kappa shape index (κ2) is 8.03. The molecule has 0 bridgehead atoms. The molecule has 0 aliphatic carbocycles. The van der Waals surface area contributed by atoms with Crippen molar-refractivity contribution in [3.05, 3.63) is 0 Å². The van der Waals surface area contributed by atoms with Crippen LogP contribution in [0.5, 0.6) is 0 Å². The van der Waals surface area contributed by atoms with Crippen LogP contribution in [-0.2, 0) is 4.74 Å². The minimum Gasteiger partial charge on any atom is -0.383 e. The van der Waals surface area contributed by atoms with Crippen LogP contribution in [0, 0.1) is 0 Å². The average Bonchev–Trinajstić information content (AvgIpc) is 2.45. The van der Waals surface area contributed by atoms with E-state index in [0.717, 1.165) is 32.5 Å². The molecular formula is C13H29N3O. The van der Waals surface area contributed by atoms with E-state index in [4.69, 9.17) is 10.5 Å². The fraction of sp³-hybridized carbons (Fsp3) is 1.00. The van der Waals surface area contributed by atoms with Gasteiger partial charge >= 0.3 is 0 Å². The molecule has 4 nitrogen and oxygen atoms in total. The largest absolute Gasteiger partial charge is 0.383 e. The van der Waals surface area contributed by atoms with Crippen LogP contribution < -0.4 is 5.73 Å². The molecule has 1 aliphatic rings. The number of ether oxygens (including phenoxy) is 1. The highest BCUT2D eigenvalue weighted by Gasteiger charge is 2.25. The molecule has 2 unspecified atom stereocenters. The average molecular weight is 243 g/mol. The molecule has 17 heavy (non-hydrogen) atoms. The van der Waals surface area contributed by atoms with Gasteiger partial charge in [0, 0.05) is 32.3 Å². The Labute approximate surface area is 106 Å². The summed E-state index contributed by atoms with van der Waals surface area (Å²) in [6.45, 7) is 7.48. The van der Waals surface area contributed by atoms with Crippen molar-refractivity contribution in [3.63, 3.8) is 0 Å². The Morgan fingerprint density at radius 2 is 2.18 bits per heavy atom. The van der Waals surface area contributed by atoms with Gasteiger partial charge in [-0.2, -0.15) is 0 Å². The maximum Gasteiger partial charge on any atom is 0.0618 e. The first-order chi connectivity index (χ1) is 8.19. The summed E-state index contributed by atoms with van der Waals surface area (Å²) in [5.41, 5.74) is 5.62. The Balaban J connectivity index is 2.56. The second-order valence-electron chi connectivity index (χ2n) is 5.24. The normalized spacial score (nSPS) is 25.8. The van der Waals surface area contributed by atoms with E-state index in [9.17, 15) is 0 Å². The highest BCUT2D eigenvalue weighted by Crippen LogP contribution is 2.16.